The molecule has 0 saturated heterocycles. The van der Waals surface area contributed by atoms with Crippen LogP contribution >= 0.6 is 0 Å². The average Bonchev–Trinajstić information content (AvgIpc) is 2.41. The van der Waals surface area contributed by atoms with Crippen molar-refractivity contribution >= 4 is 0 Å². The Balaban J connectivity index is 2.74. The minimum Gasteiger partial charge on any atom is -0.260 e. The SMILES string of the molecule is CCCCc1[c]c(CCCC)c(CCCC)cn1. The van der Waals surface area contributed by atoms with Gasteiger partial charge in [-0.05, 0) is 49.7 Å². The fourth-order valence-corrected chi connectivity index (χ4v) is 2.15. The van der Waals surface area contributed by atoms with Gasteiger partial charge in [0, 0.05) is 18.0 Å². The molecule has 0 N–H and O–H groups in total. The third-order valence-electron chi connectivity index (χ3n) is 3.41. The van der Waals surface area contributed by atoms with Crippen molar-refractivity contribution in [2.24, 2.45) is 0 Å². The molecule has 1 heteroatoms. The molecule has 0 bridgehead atoms. The predicted octanol–water partition coefficient (Wildman–Crippen LogP) is 4.91. The Bertz CT molecular complexity index is 330. The summed E-state index contributed by atoms with van der Waals surface area (Å²) in [6.07, 6.45) is 13.1. The summed E-state index contributed by atoms with van der Waals surface area (Å²) in [6.45, 7) is 6.73. The van der Waals surface area contributed by atoms with E-state index in [-0.39, 0.29) is 0 Å². The zero-order valence-corrected chi connectivity index (χ0v) is 12.4. The van der Waals surface area contributed by atoms with Crippen molar-refractivity contribution in [2.45, 2.75) is 78.6 Å². The average molecular weight is 246 g/mol. The first-order valence-corrected chi connectivity index (χ1v) is 7.70. The van der Waals surface area contributed by atoms with Gasteiger partial charge in [0.2, 0.25) is 0 Å². The van der Waals surface area contributed by atoms with Gasteiger partial charge in [-0.3, -0.25) is 4.98 Å². The zero-order valence-electron chi connectivity index (χ0n) is 12.4. The standard InChI is InChI=1S/C17H28N/c1-4-7-10-15-13-17(12-9-6-3)18-14-16(15)11-8-5-2/h14H,4-12H2,1-3H3. The van der Waals surface area contributed by atoms with Crippen LogP contribution < -0.4 is 0 Å². The third kappa shape index (κ3) is 5.20. The molecule has 0 spiro atoms. The van der Waals surface area contributed by atoms with Crippen LogP contribution in [0.2, 0.25) is 0 Å². The molecule has 0 amide bonds. The van der Waals surface area contributed by atoms with Gasteiger partial charge in [0.05, 0.1) is 0 Å². The number of aryl methyl sites for hydroxylation is 3. The number of unbranched alkanes of at least 4 members (excludes halogenated alkanes) is 3. The fourth-order valence-electron chi connectivity index (χ4n) is 2.15. The van der Waals surface area contributed by atoms with E-state index in [2.05, 4.69) is 38.0 Å². The molecular formula is C17H28N. The second-order valence-electron chi connectivity index (χ2n) is 5.14. The first-order valence-electron chi connectivity index (χ1n) is 7.70. The summed E-state index contributed by atoms with van der Waals surface area (Å²) in [7, 11) is 0. The van der Waals surface area contributed by atoms with Crippen molar-refractivity contribution in [3.63, 3.8) is 0 Å². The number of hydrogen-bond donors (Lipinski definition) is 0. The lowest BCUT2D eigenvalue weighted by molar-refractivity contribution is 0.738. The van der Waals surface area contributed by atoms with E-state index in [4.69, 9.17) is 0 Å². The van der Waals surface area contributed by atoms with E-state index >= 15 is 0 Å². The molecule has 1 radical (unpaired) electrons. The first kappa shape index (κ1) is 15.2. The van der Waals surface area contributed by atoms with Gasteiger partial charge in [-0.15, -0.1) is 0 Å². The highest BCUT2D eigenvalue weighted by Gasteiger charge is 2.05. The summed E-state index contributed by atoms with van der Waals surface area (Å²) in [4.78, 5) is 4.58. The lowest BCUT2D eigenvalue weighted by atomic mass is 9.98. The maximum Gasteiger partial charge on any atom is 0.0485 e. The Morgan fingerprint density at radius 3 is 2.17 bits per heavy atom. The monoisotopic (exact) mass is 246 g/mol. The maximum atomic E-state index is 4.58. The Kier molecular flexibility index (Phi) is 7.71. The highest BCUT2D eigenvalue weighted by Crippen LogP contribution is 2.16. The third-order valence-corrected chi connectivity index (χ3v) is 3.41. The van der Waals surface area contributed by atoms with E-state index < -0.39 is 0 Å². The zero-order chi connectivity index (χ0) is 13.2. The molecule has 1 heterocycles. The van der Waals surface area contributed by atoms with Crippen LogP contribution in [0, 0.1) is 6.07 Å². The molecule has 0 aliphatic carbocycles. The van der Waals surface area contributed by atoms with E-state index in [0.717, 1.165) is 6.42 Å². The predicted molar refractivity (Wildman–Crippen MR) is 78.9 cm³/mol. The van der Waals surface area contributed by atoms with Crippen LogP contribution in [0.15, 0.2) is 6.20 Å². The topological polar surface area (TPSA) is 12.9 Å². The molecule has 18 heavy (non-hydrogen) atoms. The van der Waals surface area contributed by atoms with Gasteiger partial charge in [-0.2, -0.15) is 0 Å². The molecule has 1 aromatic heterocycles. The summed E-state index contributed by atoms with van der Waals surface area (Å²) in [5.41, 5.74) is 4.04. The van der Waals surface area contributed by atoms with Crippen molar-refractivity contribution in [3.8, 4) is 0 Å². The molecule has 0 unspecified atom stereocenters. The Morgan fingerprint density at radius 1 is 0.889 bits per heavy atom. The van der Waals surface area contributed by atoms with Crippen LogP contribution in [0.4, 0.5) is 0 Å². The second-order valence-corrected chi connectivity index (χ2v) is 5.14. The number of rotatable bonds is 9. The molecule has 1 nitrogen and oxygen atoms in total. The van der Waals surface area contributed by atoms with Crippen molar-refractivity contribution in [2.75, 3.05) is 0 Å². The van der Waals surface area contributed by atoms with Gasteiger partial charge in [0.1, 0.15) is 0 Å². The molecule has 0 aromatic carbocycles. The fraction of sp³-hybridized carbons (Fsp3) is 0.706. The van der Waals surface area contributed by atoms with Crippen LogP contribution in [0.3, 0.4) is 0 Å². The van der Waals surface area contributed by atoms with E-state index in [1.54, 1.807) is 0 Å². The van der Waals surface area contributed by atoms with Crippen LogP contribution in [0.1, 0.15) is 76.1 Å². The van der Waals surface area contributed by atoms with Crippen LogP contribution in [0.25, 0.3) is 0 Å². The van der Waals surface area contributed by atoms with Crippen molar-refractivity contribution in [1.82, 2.24) is 4.98 Å². The number of nitrogens with zero attached hydrogens (tertiary/aromatic N) is 1. The summed E-state index contributed by atoms with van der Waals surface area (Å²) < 4.78 is 0. The molecule has 1 aromatic rings. The van der Waals surface area contributed by atoms with E-state index in [1.807, 2.05) is 0 Å². The highest BCUT2D eigenvalue weighted by molar-refractivity contribution is 5.26. The van der Waals surface area contributed by atoms with Crippen LogP contribution in [0.5, 0.6) is 0 Å². The molecule has 0 saturated carbocycles. The van der Waals surface area contributed by atoms with Gasteiger partial charge >= 0.3 is 0 Å². The normalized spacial score (nSPS) is 10.8. The molecule has 0 aliphatic rings. The minimum absolute atomic E-state index is 1.09. The maximum absolute atomic E-state index is 4.58. The summed E-state index contributed by atoms with van der Waals surface area (Å²) in [5.74, 6) is 0. The quantitative estimate of drug-likeness (QED) is 0.603. The van der Waals surface area contributed by atoms with Gasteiger partial charge in [0.25, 0.3) is 0 Å². The lowest BCUT2D eigenvalue weighted by Crippen LogP contribution is -2.01. The van der Waals surface area contributed by atoms with Crippen LogP contribution in [-0.4, -0.2) is 4.98 Å². The first-order chi connectivity index (χ1) is 8.81. The molecule has 0 aliphatic heterocycles. The van der Waals surface area contributed by atoms with Gasteiger partial charge < -0.3 is 0 Å². The second kappa shape index (κ2) is 9.13. The van der Waals surface area contributed by atoms with E-state index in [0.29, 0.717) is 0 Å². The Labute approximate surface area is 113 Å². The number of aromatic nitrogens is 1. The Hall–Kier alpha value is -0.850. The van der Waals surface area contributed by atoms with Crippen molar-refractivity contribution < 1.29 is 0 Å². The van der Waals surface area contributed by atoms with Gasteiger partial charge in [0.15, 0.2) is 0 Å². The smallest absolute Gasteiger partial charge is 0.0485 e. The number of hydrogen-bond acceptors (Lipinski definition) is 1. The molecule has 0 atom stereocenters. The molecular weight excluding hydrogens is 218 g/mol. The van der Waals surface area contributed by atoms with Crippen LogP contribution in [-0.2, 0) is 19.3 Å². The van der Waals surface area contributed by atoms with Crippen molar-refractivity contribution in [3.05, 3.63) is 29.1 Å². The molecule has 1 rings (SSSR count). The molecule has 0 fully saturated rings. The Morgan fingerprint density at radius 2 is 1.50 bits per heavy atom. The van der Waals surface area contributed by atoms with E-state index in [9.17, 15) is 0 Å². The van der Waals surface area contributed by atoms with Gasteiger partial charge in [-0.25, -0.2) is 0 Å². The minimum atomic E-state index is 1.09. The highest BCUT2D eigenvalue weighted by atomic mass is 14.7. The van der Waals surface area contributed by atoms with Gasteiger partial charge in [-0.1, -0.05) is 40.0 Å². The summed E-state index contributed by atoms with van der Waals surface area (Å²) >= 11 is 0. The summed E-state index contributed by atoms with van der Waals surface area (Å²) in [6, 6.07) is 3.58. The van der Waals surface area contributed by atoms with Crippen molar-refractivity contribution in [1.29, 1.82) is 0 Å². The lowest BCUT2D eigenvalue weighted by Gasteiger charge is -2.10. The number of pyridine rings is 1. The molecule has 101 valence electrons. The van der Waals surface area contributed by atoms with E-state index in [1.165, 1.54) is 68.2 Å². The summed E-state index contributed by atoms with van der Waals surface area (Å²) in [5, 5.41) is 0. The largest absolute Gasteiger partial charge is 0.260 e.